The third kappa shape index (κ3) is 4.48. The number of fused-ring (bicyclic) bond motifs is 1. The number of rotatable bonds is 10. The van der Waals surface area contributed by atoms with Crippen molar-refractivity contribution in [1.29, 1.82) is 0 Å². The van der Waals surface area contributed by atoms with Crippen molar-refractivity contribution in [3.63, 3.8) is 0 Å². The number of amides is 1. The number of nitrogens with zero attached hydrogens (tertiary/aromatic N) is 3. The van der Waals surface area contributed by atoms with Crippen LogP contribution >= 0.6 is 0 Å². The van der Waals surface area contributed by atoms with Gasteiger partial charge in [-0.25, -0.2) is 4.98 Å². The van der Waals surface area contributed by atoms with Gasteiger partial charge in [0, 0.05) is 13.1 Å². The first kappa shape index (κ1) is 21.8. The van der Waals surface area contributed by atoms with Gasteiger partial charge in [-0.1, -0.05) is 45.2 Å². The van der Waals surface area contributed by atoms with Crippen LogP contribution in [0.5, 0.6) is 0 Å². The fraction of sp³-hybridized carbons (Fsp3) is 0.458. The van der Waals surface area contributed by atoms with Gasteiger partial charge in [0.1, 0.15) is 5.82 Å². The Labute approximate surface area is 177 Å². The molecule has 1 amide bonds. The number of aromatic nitrogens is 2. The van der Waals surface area contributed by atoms with Gasteiger partial charge in [-0.15, -0.1) is 0 Å². The SMILES string of the molecule is CCCCCCN(C(=O)c1ccco1)C(CC)c1nc2ccccc2c(=O)n1CC. The zero-order valence-electron chi connectivity index (χ0n) is 18.1. The number of hydrogen-bond donors (Lipinski definition) is 0. The molecular formula is C24H31N3O3. The van der Waals surface area contributed by atoms with Gasteiger partial charge >= 0.3 is 0 Å². The molecule has 0 fully saturated rings. The maximum absolute atomic E-state index is 13.3. The minimum atomic E-state index is -0.304. The third-order valence-electron chi connectivity index (χ3n) is 5.51. The van der Waals surface area contributed by atoms with Gasteiger partial charge in [-0.3, -0.25) is 14.2 Å². The number of para-hydroxylation sites is 1. The number of carbonyl (C=O) groups excluding carboxylic acids is 1. The molecule has 0 aliphatic heterocycles. The Bertz CT molecular complexity index is 1020. The van der Waals surface area contributed by atoms with Crippen LogP contribution in [-0.2, 0) is 6.54 Å². The molecule has 3 rings (SSSR count). The van der Waals surface area contributed by atoms with E-state index in [1.165, 1.54) is 6.26 Å². The first-order valence-corrected chi connectivity index (χ1v) is 11.0. The van der Waals surface area contributed by atoms with Crippen molar-refractivity contribution in [2.24, 2.45) is 0 Å². The van der Waals surface area contributed by atoms with E-state index in [0.717, 1.165) is 25.7 Å². The lowest BCUT2D eigenvalue weighted by Gasteiger charge is -2.31. The van der Waals surface area contributed by atoms with E-state index >= 15 is 0 Å². The van der Waals surface area contributed by atoms with Crippen LogP contribution in [0.25, 0.3) is 10.9 Å². The molecule has 1 unspecified atom stereocenters. The van der Waals surface area contributed by atoms with Crippen LogP contribution in [-0.4, -0.2) is 26.9 Å². The van der Waals surface area contributed by atoms with Gasteiger partial charge in [-0.2, -0.15) is 0 Å². The number of benzene rings is 1. The topological polar surface area (TPSA) is 68.3 Å². The van der Waals surface area contributed by atoms with Crippen molar-refractivity contribution in [3.8, 4) is 0 Å². The minimum absolute atomic E-state index is 0.0621. The lowest BCUT2D eigenvalue weighted by Crippen LogP contribution is -2.39. The number of furan rings is 1. The summed E-state index contributed by atoms with van der Waals surface area (Å²) in [4.78, 5) is 33.1. The van der Waals surface area contributed by atoms with E-state index in [1.54, 1.807) is 22.8 Å². The normalized spacial score (nSPS) is 12.2. The lowest BCUT2D eigenvalue weighted by molar-refractivity contribution is 0.0619. The Morgan fingerprint density at radius 2 is 1.90 bits per heavy atom. The quantitative estimate of drug-likeness (QED) is 0.433. The maximum Gasteiger partial charge on any atom is 0.290 e. The molecule has 0 bridgehead atoms. The van der Waals surface area contributed by atoms with Crippen molar-refractivity contribution in [1.82, 2.24) is 14.5 Å². The highest BCUT2D eigenvalue weighted by Gasteiger charge is 2.29. The summed E-state index contributed by atoms with van der Waals surface area (Å²) in [6.07, 6.45) is 6.39. The van der Waals surface area contributed by atoms with Crippen molar-refractivity contribution in [3.05, 3.63) is 64.6 Å². The summed E-state index contributed by atoms with van der Waals surface area (Å²) in [5, 5.41) is 0.602. The zero-order valence-corrected chi connectivity index (χ0v) is 18.1. The Balaban J connectivity index is 2.06. The molecule has 6 heteroatoms. The van der Waals surface area contributed by atoms with E-state index in [2.05, 4.69) is 6.92 Å². The molecular weight excluding hydrogens is 378 g/mol. The van der Waals surface area contributed by atoms with Crippen molar-refractivity contribution in [2.75, 3.05) is 6.54 Å². The summed E-state index contributed by atoms with van der Waals surface area (Å²) in [7, 11) is 0. The summed E-state index contributed by atoms with van der Waals surface area (Å²) < 4.78 is 7.10. The van der Waals surface area contributed by atoms with E-state index in [1.807, 2.05) is 36.9 Å². The van der Waals surface area contributed by atoms with Crippen LogP contribution in [0.3, 0.4) is 0 Å². The molecule has 1 atom stereocenters. The Morgan fingerprint density at radius 1 is 1.10 bits per heavy atom. The molecule has 6 nitrogen and oxygen atoms in total. The second-order valence-corrected chi connectivity index (χ2v) is 7.50. The van der Waals surface area contributed by atoms with Crippen LogP contribution in [0.4, 0.5) is 0 Å². The molecule has 0 N–H and O–H groups in total. The van der Waals surface area contributed by atoms with Crippen LogP contribution in [0, 0.1) is 0 Å². The van der Waals surface area contributed by atoms with Crippen molar-refractivity contribution in [2.45, 2.75) is 65.5 Å². The van der Waals surface area contributed by atoms with Gasteiger partial charge in [0.25, 0.3) is 11.5 Å². The molecule has 3 aromatic rings. The zero-order chi connectivity index (χ0) is 21.5. The molecule has 0 aliphatic carbocycles. The Morgan fingerprint density at radius 3 is 2.57 bits per heavy atom. The van der Waals surface area contributed by atoms with E-state index in [4.69, 9.17) is 9.40 Å². The van der Waals surface area contributed by atoms with Crippen LogP contribution in [0.1, 0.15) is 75.3 Å². The molecule has 0 saturated heterocycles. The van der Waals surface area contributed by atoms with Crippen LogP contribution in [0.2, 0.25) is 0 Å². The smallest absolute Gasteiger partial charge is 0.290 e. The van der Waals surface area contributed by atoms with Gasteiger partial charge in [-0.05, 0) is 44.0 Å². The predicted molar refractivity (Wildman–Crippen MR) is 119 cm³/mol. The highest BCUT2D eigenvalue weighted by molar-refractivity contribution is 5.91. The number of hydrogen-bond acceptors (Lipinski definition) is 4. The summed E-state index contributed by atoms with van der Waals surface area (Å²) in [5.74, 6) is 0.794. The highest BCUT2D eigenvalue weighted by atomic mass is 16.3. The monoisotopic (exact) mass is 409 g/mol. The van der Waals surface area contributed by atoms with Crippen LogP contribution in [0.15, 0.2) is 51.9 Å². The predicted octanol–water partition coefficient (Wildman–Crippen LogP) is 5.18. The summed E-state index contributed by atoms with van der Waals surface area (Å²) in [6, 6.07) is 10.5. The molecule has 0 aliphatic rings. The minimum Gasteiger partial charge on any atom is -0.459 e. The van der Waals surface area contributed by atoms with Gasteiger partial charge in [0.05, 0.1) is 23.2 Å². The summed E-state index contributed by atoms with van der Waals surface area (Å²) >= 11 is 0. The van der Waals surface area contributed by atoms with E-state index in [0.29, 0.717) is 42.0 Å². The summed E-state index contributed by atoms with van der Waals surface area (Å²) in [6.45, 7) is 7.24. The first-order chi connectivity index (χ1) is 14.6. The standard InChI is InChI=1S/C24H31N3O3/c1-4-7-8-11-16-27(24(29)21-15-12-17-30-21)20(5-2)22-25-19-14-10-9-13-18(19)23(28)26(22)6-3/h9-10,12-15,17,20H,4-8,11,16H2,1-3H3. The van der Waals surface area contributed by atoms with Gasteiger partial charge < -0.3 is 9.32 Å². The molecule has 0 radical (unpaired) electrons. The second kappa shape index (κ2) is 10.2. The molecule has 1 aromatic carbocycles. The summed E-state index contributed by atoms with van der Waals surface area (Å²) in [5.41, 5.74) is 0.602. The fourth-order valence-electron chi connectivity index (χ4n) is 3.94. The van der Waals surface area contributed by atoms with Crippen LogP contribution < -0.4 is 5.56 Å². The molecule has 2 aromatic heterocycles. The maximum atomic E-state index is 13.3. The second-order valence-electron chi connectivity index (χ2n) is 7.50. The fourth-order valence-corrected chi connectivity index (χ4v) is 3.94. The molecule has 160 valence electrons. The third-order valence-corrected chi connectivity index (χ3v) is 5.51. The molecule has 2 heterocycles. The number of carbonyl (C=O) groups is 1. The Kier molecular flexibility index (Phi) is 7.44. The first-order valence-electron chi connectivity index (χ1n) is 11.0. The lowest BCUT2D eigenvalue weighted by atomic mass is 10.1. The average molecular weight is 410 g/mol. The average Bonchev–Trinajstić information content (AvgIpc) is 3.30. The number of unbranched alkanes of at least 4 members (excludes halogenated alkanes) is 3. The van der Waals surface area contributed by atoms with Gasteiger partial charge in [0.2, 0.25) is 0 Å². The van der Waals surface area contributed by atoms with Gasteiger partial charge in [0.15, 0.2) is 5.76 Å². The molecule has 0 saturated carbocycles. The highest BCUT2D eigenvalue weighted by Crippen LogP contribution is 2.26. The Hall–Kier alpha value is -2.89. The largest absolute Gasteiger partial charge is 0.459 e. The van der Waals surface area contributed by atoms with E-state index in [9.17, 15) is 9.59 Å². The molecule has 30 heavy (non-hydrogen) atoms. The van der Waals surface area contributed by atoms with E-state index < -0.39 is 0 Å². The van der Waals surface area contributed by atoms with Crippen molar-refractivity contribution < 1.29 is 9.21 Å². The van der Waals surface area contributed by atoms with Crippen molar-refractivity contribution >= 4 is 16.8 Å². The molecule has 0 spiro atoms. The van der Waals surface area contributed by atoms with E-state index in [-0.39, 0.29) is 17.5 Å².